The van der Waals surface area contributed by atoms with Crippen LogP contribution in [0.25, 0.3) is 0 Å². The SMILES string of the molecule is O=C(COc1ccccc1CCO)NCC(F)(F)F. The number of halogens is 3. The monoisotopic (exact) mass is 277 g/mol. The highest BCUT2D eigenvalue weighted by molar-refractivity contribution is 5.77. The van der Waals surface area contributed by atoms with Crippen LogP contribution in [-0.4, -0.2) is 36.9 Å². The minimum absolute atomic E-state index is 0.0827. The van der Waals surface area contributed by atoms with E-state index in [-0.39, 0.29) is 6.61 Å². The molecule has 1 aromatic rings. The minimum Gasteiger partial charge on any atom is -0.483 e. The van der Waals surface area contributed by atoms with Gasteiger partial charge in [-0.15, -0.1) is 0 Å². The van der Waals surface area contributed by atoms with Gasteiger partial charge in [-0.3, -0.25) is 4.79 Å². The summed E-state index contributed by atoms with van der Waals surface area (Å²) in [6.45, 7) is -1.97. The summed E-state index contributed by atoms with van der Waals surface area (Å²) in [5, 5.41) is 10.5. The number of ether oxygens (including phenoxy) is 1. The molecule has 0 aromatic heterocycles. The maximum absolute atomic E-state index is 11.9. The van der Waals surface area contributed by atoms with E-state index >= 15 is 0 Å². The number of rotatable bonds is 6. The van der Waals surface area contributed by atoms with E-state index in [9.17, 15) is 18.0 Å². The van der Waals surface area contributed by atoms with Crippen molar-refractivity contribution in [3.8, 4) is 5.75 Å². The van der Waals surface area contributed by atoms with Gasteiger partial charge in [-0.2, -0.15) is 13.2 Å². The third kappa shape index (κ3) is 6.10. The Labute approximate surface area is 108 Å². The third-order valence-electron chi connectivity index (χ3n) is 2.20. The van der Waals surface area contributed by atoms with Crippen molar-refractivity contribution in [1.82, 2.24) is 5.32 Å². The van der Waals surface area contributed by atoms with Crippen LogP contribution in [0.5, 0.6) is 5.75 Å². The predicted molar refractivity (Wildman–Crippen MR) is 61.8 cm³/mol. The number of carbonyl (C=O) groups excluding carboxylic acids is 1. The Morgan fingerprint density at radius 3 is 2.63 bits per heavy atom. The van der Waals surface area contributed by atoms with E-state index in [0.717, 1.165) is 0 Å². The van der Waals surface area contributed by atoms with Crippen molar-refractivity contribution in [2.24, 2.45) is 0 Å². The van der Waals surface area contributed by atoms with E-state index in [1.165, 1.54) is 0 Å². The molecule has 0 saturated heterocycles. The lowest BCUT2D eigenvalue weighted by Gasteiger charge is -2.11. The van der Waals surface area contributed by atoms with Crippen LogP contribution in [0.15, 0.2) is 24.3 Å². The minimum atomic E-state index is -4.44. The number of hydrogen-bond acceptors (Lipinski definition) is 3. The largest absolute Gasteiger partial charge is 0.483 e. The first-order valence-electron chi connectivity index (χ1n) is 5.57. The Hall–Kier alpha value is -1.76. The molecule has 0 saturated carbocycles. The van der Waals surface area contributed by atoms with E-state index in [1.807, 2.05) is 0 Å². The van der Waals surface area contributed by atoms with Crippen LogP contribution in [0.3, 0.4) is 0 Å². The quantitative estimate of drug-likeness (QED) is 0.823. The molecule has 0 unspecified atom stereocenters. The number of para-hydroxylation sites is 1. The van der Waals surface area contributed by atoms with Gasteiger partial charge in [0.1, 0.15) is 12.3 Å². The Bertz CT molecular complexity index is 421. The molecule has 19 heavy (non-hydrogen) atoms. The first-order chi connectivity index (χ1) is 8.92. The van der Waals surface area contributed by atoms with E-state index in [1.54, 1.807) is 29.6 Å². The summed E-state index contributed by atoms with van der Waals surface area (Å²) < 4.78 is 40.7. The predicted octanol–water partition coefficient (Wildman–Crippen LogP) is 1.28. The molecule has 0 spiro atoms. The van der Waals surface area contributed by atoms with Gasteiger partial charge in [-0.25, -0.2) is 0 Å². The van der Waals surface area contributed by atoms with Crippen LogP contribution < -0.4 is 10.1 Å². The first-order valence-corrected chi connectivity index (χ1v) is 5.57. The second kappa shape index (κ2) is 6.98. The number of alkyl halides is 3. The highest BCUT2D eigenvalue weighted by Crippen LogP contribution is 2.18. The summed E-state index contributed by atoms with van der Waals surface area (Å²) in [5.74, 6) is -0.477. The first kappa shape index (κ1) is 15.3. The van der Waals surface area contributed by atoms with Crippen LogP contribution in [-0.2, 0) is 11.2 Å². The molecule has 1 aromatic carbocycles. The van der Waals surface area contributed by atoms with Crippen molar-refractivity contribution < 1.29 is 27.8 Å². The Kier molecular flexibility index (Phi) is 5.62. The smallest absolute Gasteiger partial charge is 0.405 e. The van der Waals surface area contributed by atoms with Gasteiger partial charge in [0, 0.05) is 6.61 Å². The molecule has 0 bridgehead atoms. The van der Waals surface area contributed by atoms with Crippen LogP contribution in [0.4, 0.5) is 13.2 Å². The van der Waals surface area contributed by atoms with Gasteiger partial charge in [0.15, 0.2) is 6.61 Å². The van der Waals surface area contributed by atoms with Gasteiger partial charge in [-0.05, 0) is 18.1 Å². The lowest BCUT2D eigenvalue weighted by atomic mass is 10.1. The number of carbonyl (C=O) groups is 1. The van der Waals surface area contributed by atoms with Crippen molar-refractivity contribution in [3.05, 3.63) is 29.8 Å². The van der Waals surface area contributed by atoms with Crippen molar-refractivity contribution in [2.75, 3.05) is 19.8 Å². The number of aliphatic hydroxyl groups is 1. The molecule has 0 aliphatic carbocycles. The standard InChI is InChI=1S/C12H14F3NO3/c13-12(14,15)8-16-11(18)7-19-10-4-2-1-3-9(10)5-6-17/h1-4,17H,5-8H2,(H,16,18). The van der Waals surface area contributed by atoms with E-state index in [4.69, 9.17) is 9.84 Å². The normalized spacial score (nSPS) is 11.2. The third-order valence-corrected chi connectivity index (χ3v) is 2.20. The van der Waals surface area contributed by atoms with Gasteiger partial charge >= 0.3 is 6.18 Å². The molecule has 0 aliphatic rings. The Balaban J connectivity index is 2.46. The maximum atomic E-state index is 11.9. The molecule has 2 N–H and O–H groups in total. The highest BCUT2D eigenvalue weighted by Gasteiger charge is 2.27. The zero-order valence-corrected chi connectivity index (χ0v) is 10.0. The molecule has 7 heteroatoms. The van der Waals surface area contributed by atoms with Gasteiger partial charge in [0.25, 0.3) is 5.91 Å². The second-order valence-corrected chi connectivity index (χ2v) is 3.76. The lowest BCUT2D eigenvalue weighted by molar-refractivity contribution is -0.139. The van der Waals surface area contributed by atoms with Crippen LogP contribution >= 0.6 is 0 Å². The molecule has 4 nitrogen and oxygen atoms in total. The maximum Gasteiger partial charge on any atom is 0.405 e. The number of benzene rings is 1. The van der Waals surface area contributed by atoms with Crippen LogP contribution in [0.2, 0.25) is 0 Å². The molecule has 106 valence electrons. The number of amides is 1. The second-order valence-electron chi connectivity index (χ2n) is 3.76. The summed E-state index contributed by atoms with van der Waals surface area (Å²) in [6, 6.07) is 6.70. The average molecular weight is 277 g/mol. The molecule has 0 heterocycles. The van der Waals surface area contributed by atoms with Crippen molar-refractivity contribution in [3.63, 3.8) is 0 Å². The van der Waals surface area contributed by atoms with Crippen LogP contribution in [0.1, 0.15) is 5.56 Å². The molecule has 0 atom stereocenters. The average Bonchev–Trinajstić information content (AvgIpc) is 2.35. The Morgan fingerprint density at radius 1 is 1.32 bits per heavy atom. The van der Waals surface area contributed by atoms with Gasteiger partial charge in [0.2, 0.25) is 0 Å². The fourth-order valence-corrected chi connectivity index (χ4v) is 1.36. The number of nitrogens with one attached hydrogen (secondary N) is 1. The molecular weight excluding hydrogens is 263 g/mol. The number of aliphatic hydroxyl groups excluding tert-OH is 1. The van der Waals surface area contributed by atoms with Crippen LogP contribution in [0, 0.1) is 0 Å². The highest BCUT2D eigenvalue weighted by atomic mass is 19.4. The summed E-state index contributed by atoms with van der Waals surface area (Å²) in [6.07, 6.45) is -4.09. The van der Waals surface area contributed by atoms with Crippen molar-refractivity contribution in [1.29, 1.82) is 0 Å². The van der Waals surface area contributed by atoms with E-state index < -0.39 is 25.2 Å². The van der Waals surface area contributed by atoms with E-state index in [0.29, 0.717) is 17.7 Å². The number of hydrogen-bond donors (Lipinski definition) is 2. The van der Waals surface area contributed by atoms with Gasteiger partial charge < -0.3 is 15.2 Å². The fourth-order valence-electron chi connectivity index (χ4n) is 1.36. The molecular formula is C12H14F3NO3. The molecule has 0 fully saturated rings. The van der Waals surface area contributed by atoms with E-state index in [2.05, 4.69) is 0 Å². The molecule has 1 rings (SSSR count). The summed E-state index contributed by atoms with van der Waals surface area (Å²) >= 11 is 0. The van der Waals surface area contributed by atoms with Crippen molar-refractivity contribution in [2.45, 2.75) is 12.6 Å². The Morgan fingerprint density at radius 2 is 2.00 bits per heavy atom. The van der Waals surface area contributed by atoms with Crippen molar-refractivity contribution >= 4 is 5.91 Å². The summed E-state index contributed by atoms with van der Waals surface area (Å²) in [4.78, 5) is 11.1. The molecule has 1 amide bonds. The fraction of sp³-hybridized carbons (Fsp3) is 0.417. The molecule has 0 aliphatic heterocycles. The summed E-state index contributed by atoms with van der Waals surface area (Å²) in [5.41, 5.74) is 0.689. The molecule has 0 radical (unpaired) electrons. The van der Waals surface area contributed by atoms with Gasteiger partial charge in [0.05, 0.1) is 0 Å². The van der Waals surface area contributed by atoms with Gasteiger partial charge in [-0.1, -0.05) is 18.2 Å². The topological polar surface area (TPSA) is 58.6 Å². The lowest BCUT2D eigenvalue weighted by Crippen LogP contribution is -2.36. The summed E-state index contributed by atoms with van der Waals surface area (Å²) in [7, 11) is 0. The zero-order valence-electron chi connectivity index (χ0n) is 10.0. The zero-order chi connectivity index (χ0) is 14.3.